The molecule has 5 nitrogen and oxygen atoms in total. The Morgan fingerprint density at radius 2 is 1.94 bits per heavy atom. The van der Waals surface area contributed by atoms with Crippen molar-refractivity contribution in [2.24, 2.45) is 0 Å². The standard InChI is InChI=1S/C29H31N3O2S/c1-19(2)17-32-27(34)25-26(23-12-5-4-10-21(23)16-29(25)13-6-7-14-29)31-28(32)35-18-24(33)30-22-11-8-9-20(3)15-22/h4-5,8-12,15H,1,6-7,13-14,16-18H2,2-3H3,(H,30,33). The van der Waals surface area contributed by atoms with Crippen molar-refractivity contribution in [3.05, 3.63) is 87.7 Å². The second kappa shape index (κ2) is 9.50. The first-order valence-electron chi connectivity index (χ1n) is 12.2. The van der Waals surface area contributed by atoms with Crippen LogP contribution >= 0.6 is 11.8 Å². The molecule has 0 bridgehead atoms. The number of anilines is 1. The predicted octanol–water partition coefficient (Wildman–Crippen LogP) is 5.89. The third kappa shape index (κ3) is 4.59. The maximum Gasteiger partial charge on any atom is 0.258 e. The first-order valence-corrected chi connectivity index (χ1v) is 13.2. The molecule has 1 spiro atoms. The van der Waals surface area contributed by atoms with Gasteiger partial charge in [0.1, 0.15) is 0 Å². The Labute approximate surface area is 210 Å². The molecule has 1 heterocycles. The van der Waals surface area contributed by atoms with Crippen LogP contribution in [0.2, 0.25) is 0 Å². The summed E-state index contributed by atoms with van der Waals surface area (Å²) in [4.78, 5) is 31.9. The maximum atomic E-state index is 14.1. The number of thioether (sulfide) groups is 1. The molecule has 1 amide bonds. The third-order valence-corrected chi connectivity index (χ3v) is 8.07. The molecule has 6 heteroatoms. The van der Waals surface area contributed by atoms with Gasteiger partial charge in [0, 0.05) is 23.2 Å². The molecule has 1 fully saturated rings. The second-order valence-electron chi connectivity index (χ2n) is 9.99. The van der Waals surface area contributed by atoms with E-state index in [1.165, 1.54) is 17.3 Å². The monoisotopic (exact) mass is 485 g/mol. The summed E-state index contributed by atoms with van der Waals surface area (Å²) in [6.45, 7) is 8.37. The van der Waals surface area contributed by atoms with E-state index in [0.717, 1.165) is 65.7 Å². The Hall–Kier alpha value is -3.12. The molecule has 3 aromatic rings. The van der Waals surface area contributed by atoms with Crippen LogP contribution in [0.15, 0.2) is 70.6 Å². The number of aromatic nitrogens is 2. The van der Waals surface area contributed by atoms with Crippen molar-refractivity contribution in [3.8, 4) is 11.3 Å². The molecule has 35 heavy (non-hydrogen) atoms. The van der Waals surface area contributed by atoms with Crippen molar-refractivity contribution in [2.45, 2.75) is 63.1 Å². The summed E-state index contributed by atoms with van der Waals surface area (Å²) >= 11 is 1.31. The van der Waals surface area contributed by atoms with E-state index in [-0.39, 0.29) is 22.6 Å². The lowest BCUT2D eigenvalue weighted by Crippen LogP contribution is -2.40. The lowest BCUT2D eigenvalue weighted by molar-refractivity contribution is -0.113. The van der Waals surface area contributed by atoms with Crippen LogP contribution in [0.4, 0.5) is 5.69 Å². The molecule has 0 unspecified atom stereocenters. The number of hydrogen-bond acceptors (Lipinski definition) is 4. The van der Waals surface area contributed by atoms with E-state index in [0.29, 0.717) is 11.7 Å². The molecule has 5 rings (SSSR count). The highest BCUT2D eigenvalue weighted by Gasteiger charge is 2.44. The average Bonchev–Trinajstić information content (AvgIpc) is 3.27. The molecule has 0 atom stereocenters. The molecule has 2 aliphatic rings. The zero-order valence-corrected chi connectivity index (χ0v) is 21.2. The number of benzene rings is 2. The van der Waals surface area contributed by atoms with Crippen LogP contribution in [0, 0.1) is 6.92 Å². The van der Waals surface area contributed by atoms with Gasteiger partial charge in [-0.2, -0.15) is 0 Å². The van der Waals surface area contributed by atoms with Gasteiger partial charge in [-0.05, 0) is 56.4 Å². The van der Waals surface area contributed by atoms with Crippen LogP contribution in [-0.4, -0.2) is 21.2 Å². The van der Waals surface area contributed by atoms with Gasteiger partial charge in [-0.25, -0.2) is 4.98 Å². The number of carbonyl (C=O) groups is 1. The fraction of sp³-hybridized carbons (Fsp3) is 0.345. The van der Waals surface area contributed by atoms with Gasteiger partial charge in [-0.1, -0.05) is 73.2 Å². The fourth-order valence-electron chi connectivity index (χ4n) is 5.61. The Bertz CT molecular complexity index is 1370. The van der Waals surface area contributed by atoms with Gasteiger partial charge in [-0.15, -0.1) is 0 Å². The smallest absolute Gasteiger partial charge is 0.258 e. The van der Waals surface area contributed by atoms with Crippen LogP contribution < -0.4 is 10.9 Å². The predicted molar refractivity (Wildman–Crippen MR) is 143 cm³/mol. The summed E-state index contributed by atoms with van der Waals surface area (Å²) in [5, 5.41) is 3.52. The van der Waals surface area contributed by atoms with Crippen molar-refractivity contribution >= 4 is 23.4 Å². The van der Waals surface area contributed by atoms with E-state index >= 15 is 0 Å². The van der Waals surface area contributed by atoms with Crippen molar-refractivity contribution in [2.75, 3.05) is 11.1 Å². The van der Waals surface area contributed by atoms with Crippen molar-refractivity contribution < 1.29 is 4.79 Å². The van der Waals surface area contributed by atoms with Gasteiger partial charge >= 0.3 is 0 Å². The fourth-order valence-corrected chi connectivity index (χ4v) is 6.41. The van der Waals surface area contributed by atoms with Gasteiger partial charge < -0.3 is 5.32 Å². The number of nitrogens with one attached hydrogen (secondary N) is 1. The van der Waals surface area contributed by atoms with E-state index < -0.39 is 0 Å². The summed E-state index contributed by atoms with van der Waals surface area (Å²) in [5.74, 6) is 0.0458. The summed E-state index contributed by atoms with van der Waals surface area (Å²) in [6.07, 6.45) is 5.20. The lowest BCUT2D eigenvalue weighted by Gasteiger charge is -2.36. The molecular weight excluding hydrogens is 454 g/mol. The van der Waals surface area contributed by atoms with Gasteiger partial charge in [0.15, 0.2) is 5.16 Å². The summed E-state index contributed by atoms with van der Waals surface area (Å²) in [7, 11) is 0. The van der Waals surface area contributed by atoms with E-state index in [4.69, 9.17) is 4.98 Å². The highest BCUT2D eigenvalue weighted by molar-refractivity contribution is 7.99. The minimum Gasteiger partial charge on any atom is -0.325 e. The number of nitrogens with zero attached hydrogens (tertiary/aromatic N) is 2. The van der Waals surface area contributed by atoms with Gasteiger partial charge in [0.25, 0.3) is 5.56 Å². The van der Waals surface area contributed by atoms with E-state index in [1.54, 1.807) is 4.57 Å². The molecule has 0 aliphatic heterocycles. The molecule has 0 radical (unpaired) electrons. The molecular formula is C29H31N3O2S. The molecule has 1 saturated carbocycles. The third-order valence-electron chi connectivity index (χ3n) is 7.09. The first-order chi connectivity index (χ1) is 16.9. The summed E-state index contributed by atoms with van der Waals surface area (Å²) in [6, 6.07) is 16.1. The number of amides is 1. The average molecular weight is 486 g/mol. The summed E-state index contributed by atoms with van der Waals surface area (Å²) in [5.41, 5.74) is 6.60. The highest BCUT2D eigenvalue weighted by atomic mass is 32.2. The Morgan fingerprint density at radius 1 is 1.17 bits per heavy atom. The zero-order valence-electron chi connectivity index (χ0n) is 20.4. The normalized spacial score (nSPS) is 15.5. The molecule has 1 N–H and O–H groups in total. The summed E-state index contributed by atoms with van der Waals surface area (Å²) < 4.78 is 1.74. The number of rotatable bonds is 6. The number of fused-ring (bicyclic) bond motifs is 4. The largest absolute Gasteiger partial charge is 0.325 e. The van der Waals surface area contributed by atoms with Crippen LogP contribution in [0.1, 0.15) is 49.3 Å². The van der Waals surface area contributed by atoms with E-state index in [9.17, 15) is 9.59 Å². The minimum atomic E-state index is -0.143. The molecule has 180 valence electrons. The van der Waals surface area contributed by atoms with Crippen molar-refractivity contribution in [3.63, 3.8) is 0 Å². The Kier molecular flexibility index (Phi) is 6.41. The van der Waals surface area contributed by atoms with E-state index in [2.05, 4.69) is 30.1 Å². The zero-order chi connectivity index (χ0) is 24.6. The molecule has 1 aromatic heterocycles. The van der Waals surface area contributed by atoms with Crippen LogP contribution in [0.25, 0.3) is 11.3 Å². The number of allylic oxidation sites excluding steroid dienone is 1. The second-order valence-corrected chi connectivity index (χ2v) is 10.9. The van der Waals surface area contributed by atoms with Gasteiger partial charge in [0.05, 0.1) is 17.0 Å². The Balaban J connectivity index is 1.54. The SMILES string of the molecule is C=C(C)Cn1c(SCC(=O)Nc2cccc(C)c2)nc2c(c1=O)C1(CCCC1)Cc1ccccc1-2. The van der Waals surface area contributed by atoms with Crippen molar-refractivity contribution in [1.29, 1.82) is 0 Å². The molecule has 0 saturated heterocycles. The van der Waals surface area contributed by atoms with Crippen LogP contribution in [0.5, 0.6) is 0 Å². The van der Waals surface area contributed by atoms with Crippen LogP contribution in [0.3, 0.4) is 0 Å². The van der Waals surface area contributed by atoms with E-state index in [1.807, 2.05) is 44.2 Å². The minimum absolute atomic E-state index is 0.0241. The molecule has 2 aromatic carbocycles. The van der Waals surface area contributed by atoms with Gasteiger partial charge in [0.2, 0.25) is 5.91 Å². The maximum absolute atomic E-state index is 14.1. The highest BCUT2D eigenvalue weighted by Crippen LogP contribution is 2.50. The quantitative estimate of drug-likeness (QED) is 0.268. The number of carbonyl (C=O) groups excluding carboxylic acids is 1. The first kappa shape index (κ1) is 23.6. The van der Waals surface area contributed by atoms with Crippen LogP contribution in [-0.2, 0) is 23.2 Å². The van der Waals surface area contributed by atoms with Crippen molar-refractivity contribution in [1.82, 2.24) is 9.55 Å². The van der Waals surface area contributed by atoms with Gasteiger partial charge in [-0.3, -0.25) is 14.2 Å². The molecule has 2 aliphatic carbocycles. The number of aryl methyl sites for hydroxylation is 1. The Morgan fingerprint density at radius 3 is 2.69 bits per heavy atom. The lowest BCUT2D eigenvalue weighted by atomic mass is 9.68. The topological polar surface area (TPSA) is 64.0 Å². The number of hydrogen-bond donors (Lipinski definition) is 1.